The summed E-state index contributed by atoms with van der Waals surface area (Å²) >= 11 is 0. The van der Waals surface area contributed by atoms with E-state index in [1.807, 2.05) is 38.1 Å². The molecule has 0 aliphatic carbocycles. The number of carbonyl (C=O) groups excluding carboxylic acids is 3. The lowest BCUT2D eigenvalue weighted by Crippen LogP contribution is -2.56. The van der Waals surface area contributed by atoms with Gasteiger partial charge in [0.2, 0.25) is 11.8 Å². The molecular formula is C31H36N6O4. The molecule has 0 radical (unpaired) electrons. The third-order valence-electron chi connectivity index (χ3n) is 7.24. The maximum absolute atomic E-state index is 13.7. The zero-order valence-electron chi connectivity index (χ0n) is 23.5. The molecule has 10 nitrogen and oxygen atoms in total. The van der Waals surface area contributed by atoms with Gasteiger partial charge in [-0.25, -0.2) is 0 Å². The minimum atomic E-state index is -0.852. The molecule has 41 heavy (non-hydrogen) atoms. The quantitative estimate of drug-likeness (QED) is 0.219. The number of hydrogen-bond acceptors (Lipinski definition) is 6. The molecule has 3 aromatic rings. The van der Waals surface area contributed by atoms with E-state index in [4.69, 9.17) is 4.74 Å². The monoisotopic (exact) mass is 556 g/mol. The SMILES string of the molecule is COc1cccc2[nH]c(C(=O)NC(CC(C)C)C(=O)NC(CC3CCNC3=O)C(C#N)NCc3cc#ccc3)cc12. The van der Waals surface area contributed by atoms with Crippen LogP contribution in [0.3, 0.4) is 0 Å². The minimum absolute atomic E-state index is 0.0876. The van der Waals surface area contributed by atoms with Gasteiger partial charge in [0.15, 0.2) is 0 Å². The van der Waals surface area contributed by atoms with Crippen LogP contribution in [-0.4, -0.2) is 54.5 Å². The maximum atomic E-state index is 13.7. The molecule has 214 valence electrons. The summed E-state index contributed by atoms with van der Waals surface area (Å²) in [5.74, 6) is -0.511. The number of aromatic nitrogens is 1. The molecule has 2 aromatic carbocycles. The van der Waals surface area contributed by atoms with Crippen LogP contribution in [0.5, 0.6) is 5.75 Å². The van der Waals surface area contributed by atoms with Crippen molar-refractivity contribution >= 4 is 28.6 Å². The molecular weight excluding hydrogens is 520 g/mol. The van der Waals surface area contributed by atoms with Gasteiger partial charge in [0.25, 0.3) is 5.91 Å². The van der Waals surface area contributed by atoms with Gasteiger partial charge >= 0.3 is 0 Å². The summed E-state index contributed by atoms with van der Waals surface area (Å²) in [6.45, 7) is 4.87. The number of rotatable bonds is 13. The zero-order valence-corrected chi connectivity index (χ0v) is 23.5. The van der Waals surface area contributed by atoms with E-state index in [9.17, 15) is 19.6 Å². The van der Waals surface area contributed by atoms with Crippen molar-refractivity contribution in [2.24, 2.45) is 11.8 Å². The lowest BCUT2D eigenvalue weighted by molar-refractivity contribution is -0.126. The van der Waals surface area contributed by atoms with Crippen LogP contribution < -0.4 is 26.0 Å². The van der Waals surface area contributed by atoms with E-state index in [2.05, 4.69) is 44.5 Å². The highest BCUT2D eigenvalue weighted by Crippen LogP contribution is 2.26. The molecule has 1 fully saturated rings. The normalized spacial score (nSPS) is 16.8. The first-order chi connectivity index (χ1) is 19.8. The number of aromatic amines is 1. The summed E-state index contributed by atoms with van der Waals surface area (Å²) in [5.41, 5.74) is 1.96. The van der Waals surface area contributed by atoms with Crippen LogP contribution in [0.1, 0.15) is 49.2 Å². The third kappa shape index (κ3) is 7.56. The molecule has 4 rings (SSSR count). The minimum Gasteiger partial charge on any atom is -0.496 e. The Morgan fingerprint density at radius 3 is 2.71 bits per heavy atom. The van der Waals surface area contributed by atoms with Crippen LogP contribution in [0.25, 0.3) is 10.9 Å². The van der Waals surface area contributed by atoms with E-state index in [0.29, 0.717) is 43.8 Å². The highest BCUT2D eigenvalue weighted by molar-refractivity contribution is 6.01. The topological polar surface area (TPSA) is 148 Å². The second-order valence-electron chi connectivity index (χ2n) is 10.7. The van der Waals surface area contributed by atoms with E-state index < -0.39 is 29.9 Å². The highest BCUT2D eigenvalue weighted by atomic mass is 16.5. The van der Waals surface area contributed by atoms with Crippen LogP contribution in [0.15, 0.2) is 42.5 Å². The van der Waals surface area contributed by atoms with E-state index in [0.717, 1.165) is 16.5 Å². The Balaban J connectivity index is 1.52. The summed E-state index contributed by atoms with van der Waals surface area (Å²) in [5, 5.41) is 22.7. The first-order valence-electron chi connectivity index (χ1n) is 13.8. The molecule has 4 atom stereocenters. The second-order valence-corrected chi connectivity index (χ2v) is 10.7. The molecule has 1 saturated heterocycles. The molecule has 0 bridgehead atoms. The van der Waals surface area contributed by atoms with Crippen molar-refractivity contribution in [2.75, 3.05) is 13.7 Å². The number of H-pyrrole nitrogens is 1. The maximum Gasteiger partial charge on any atom is 0.268 e. The number of amides is 3. The predicted octanol–water partition coefficient (Wildman–Crippen LogP) is 2.61. The van der Waals surface area contributed by atoms with Crippen LogP contribution in [0, 0.1) is 35.3 Å². The summed E-state index contributed by atoms with van der Waals surface area (Å²) in [7, 11) is 1.57. The predicted molar refractivity (Wildman–Crippen MR) is 154 cm³/mol. The lowest BCUT2D eigenvalue weighted by atomic mass is 9.93. The van der Waals surface area contributed by atoms with Crippen molar-refractivity contribution in [3.63, 3.8) is 0 Å². The number of ether oxygens (including phenoxy) is 1. The Kier molecular flexibility index (Phi) is 9.83. The van der Waals surface area contributed by atoms with Crippen molar-refractivity contribution in [3.05, 3.63) is 65.9 Å². The molecule has 10 heteroatoms. The number of nitrogens with one attached hydrogen (secondary N) is 5. The summed E-state index contributed by atoms with van der Waals surface area (Å²) in [6, 6.07) is 18.3. The van der Waals surface area contributed by atoms with Crippen molar-refractivity contribution < 1.29 is 19.1 Å². The molecule has 2 heterocycles. The van der Waals surface area contributed by atoms with Crippen LogP contribution in [0.2, 0.25) is 0 Å². The van der Waals surface area contributed by atoms with Crippen LogP contribution in [-0.2, 0) is 16.1 Å². The number of nitriles is 1. The fourth-order valence-corrected chi connectivity index (χ4v) is 5.10. The van der Waals surface area contributed by atoms with Crippen molar-refractivity contribution in [1.82, 2.24) is 26.3 Å². The first kappa shape index (κ1) is 29.4. The molecule has 0 spiro atoms. The molecule has 1 aliphatic heterocycles. The standard InChI is InChI=1S/C31H36N6O4/c1-19(2)14-25(37-31(40)26-16-22-23(35-26)10-7-11-28(22)41-3)30(39)36-24(15-21-12-13-33-29(21)38)27(17-32)34-18-20-8-5-4-6-9-20/h5,7-11,16,19,21,24-25,27,34-35H,12-15,18H2,1-3H3,(H,33,38)(H,36,39)(H,37,40). The van der Waals surface area contributed by atoms with Crippen molar-refractivity contribution in [1.29, 1.82) is 5.26 Å². The summed E-state index contributed by atoms with van der Waals surface area (Å²) in [6.07, 6.45) is 1.31. The third-order valence-corrected chi connectivity index (χ3v) is 7.24. The second kappa shape index (κ2) is 13.7. The molecule has 1 aromatic heterocycles. The van der Waals surface area contributed by atoms with Crippen LogP contribution in [0.4, 0.5) is 0 Å². The Hall–Kier alpha value is -4.54. The van der Waals surface area contributed by atoms with Gasteiger partial charge in [0.1, 0.15) is 23.5 Å². The Labute approximate surface area is 240 Å². The number of benzene rings is 1. The average molecular weight is 557 g/mol. The van der Waals surface area contributed by atoms with E-state index >= 15 is 0 Å². The Bertz CT molecular complexity index is 1400. The number of fused-ring (bicyclic) bond motifs is 1. The van der Waals surface area contributed by atoms with Crippen molar-refractivity contribution in [3.8, 4) is 11.8 Å². The molecule has 0 saturated carbocycles. The van der Waals surface area contributed by atoms with Gasteiger partial charge < -0.3 is 25.7 Å². The lowest BCUT2D eigenvalue weighted by Gasteiger charge is -2.29. The molecule has 5 N–H and O–H groups in total. The largest absolute Gasteiger partial charge is 0.496 e. The van der Waals surface area contributed by atoms with Gasteiger partial charge in [-0.15, -0.1) is 0 Å². The van der Waals surface area contributed by atoms with Gasteiger partial charge in [0.05, 0.1) is 19.2 Å². The Morgan fingerprint density at radius 2 is 2.05 bits per heavy atom. The highest BCUT2D eigenvalue weighted by Gasteiger charge is 2.34. The van der Waals surface area contributed by atoms with Crippen LogP contribution >= 0.6 is 0 Å². The number of carbonyl (C=O) groups is 3. The summed E-state index contributed by atoms with van der Waals surface area (Å²) in [4.78, 5) is 42.4. The average Bonchev–Trinajstić information content (AvgIpc) is 3.59. The summed E-state index contributed by atoms with van der Waals surface area (Å²) < 4.78 is 5.40. The molecule has 1 aliphatic rings. The van der Waals surface area contributed by atoms with Gasteiger partial charge in [-0.2, -0.15) is 5.26 Å². The van der Waals surface area contributed by atoms with Gasteiger partial charge in [-0.05, 0) is 67.1 Å². The molecule has 3 amide bonds. The van der Waals surface area contributed by atoms with Gasteiger partial charge in [-0.1, -0.05) is 32.0 Å². The number of nitrogens with zero attached hydrogens (tertiary/aromatic N) is 1. The number of hydrogen-bond donors (Lipinski definition) is 5. The van der Waals surface area contributed by atoms with Crippen molar-refractivity contribution in [2.45, 2.75) is 57.8 Å². The Morgan fingerprint density at radius 1 is 1.22 bits per heavy atom. The molecule has 4 unspecified atom stereocenters. The van der Waals surface area contributed by atoms with Gasteiger partial charge in [0, 0.05) is 29.9 Å². The van der Waals surface area contributed by atoms with E-state index in [-0.39, 0.29) is 17.7 Å². The number of methoxy groups -OCH3 is 1. The fraction of sp³-hybridized carbons (Fsp3) is 0.419. The van der Waals surface area contributed by atoms with E-state index in [1.54, 1.807) is 25.3 Å². The first-order valence-corrected chi connectivity index (χ1v) is 13.8. The van der Waals surface area contributed by atoms with E-state index in [1.165, 1.54) is 0 Å². The zero-order chi connectivity index (χ0) is 29.4. The smallest absolute Gasteiger partial charge is 0.268 e. The van der Waals surface area contributed by atoms with Gasteiger partial charge in [-0.3, -0.25) is 19.7 Å². The fourth-order valence-electron chi connectivity index (χ4n) is 5.10.